The Kier molecular flexibility index (Phi) is 8.81. The van der Waals surface area contributed by atoms with E-state index < -0.39 is 12.2 Å². The van der Waals surface area contributed by atoms with Crippen LogP contribution in [0.1, 0.15) is 47.3 Å². The average Bonchev–Trinajstić information content (AvgIpc) is 3.67. The van der Waals surface area contributed by atoms with E-state index in [-0.39, 0.29) is 12.2 Å². The van der Waals surface area contributed by atoms with Crippen molar-refractivity contribution in [3.63, 3.8) is 0 Å². The molecule has 2 aromatic carbocycles. The van der Waals surface area contributed by atoms with Gasteiger partial charge in [-0.2, -0.15) is 0 Å². The smallest absolute Gasteiger partial charge is 0.0837 e. The van der Waals surface area contributed by atoms with Gasteiger partial charge in [0.05, 0.1) is 50.8 Å². The Morgan fingerprint density at radius 1 is 0.733 bits per heavy atom. The topological polar surface area (TPSA) is 84.0 Å². The monoisotopic (exact) mass is 416 g/mol. The average molecular weight is 417 g/mol. The molecule has 6 nitrogen and oxygen atoms in total. The minimum Gasteiger partial charge on any atom is -0.388 e. The predicted molar refractivity (Wildman–Crippen MR) is 113 cm³/mol. The third kappa shape index (κ3) is 7.80. The van der Waals surface area contributed by atoms with Crippen LogP contribution in [0.25, 0.3) is 0 Å². The van der Waals surface area contributed by atoms with Gasteiger partial charge in [0.15, 0.2) is 0 Å². The molecule has 2 aliphatic rings. The van der Waals surface area contributed by atoms with E-state index in [1.807, 2.05) is 48.5 Å². The quantitative estimate of drug-likeness (QED) is 0.578. The Labute approximate surface area is 178 Å². The standard InChI is InChI=1S/2C12H16O3/c2*1-14-7-9-2-4-10(5-3-9)12(13)6-11-8-15-11/h2*2-5,11-13H,6-8H2,1H3/t11?,12-;11-,12+/m11/s1. The first kappa shape index (κ1) is 22.9. The first-order chi connectivity index (χ1) is 14.6. The third-order valence-electron chi connectivity index (χ3n) is 5.13. The lowest BCUT2D eigenvalue weighted by atomic mass is 10.0. The molecule has 2 fully saturated rings. The predicted octanol–water partition coefficient (Wildman–Crippen LogP) is 3.31. The Morgan fingerprint density at radius 3 is 1.33 bits per heavy atom. The zero-order chi connectivity index (χ0) is 21.3. The number of aliphatic hydroxyl groups is 2. The summed E-state index contributed by atoms with van der Waals surface area (Å²) in [5, 5.41) is 19.7. The van der Waals surface area contributed by atoms with E-state index in [0.717, 1.165) is 35.5 Å². The summed E-state index contributed by atoms with van der Waals surface area (Å²) >= 11 is 0. The van der Waals surface area contributed by atoms with Gasteiger partial charge in [-0.05, 0) is 22.3 Å². The number of ether oxygens (including phenoxy) is 4. The van der Waals surface area contributed by atoms with Crippen molar-refractivity contribution >= 4 is 0 Å². The van der Waals surface area contributed by atoms with Crippen molar-refractivity contribution < 1.29 is 29.2 Å². The maximum atomic E-state index is 9.84. The molecule has 164 valence electrons. The Hall–Kier alpha value is -1.80. The van der Waals surface area contributed by atoms with Crippen molar-refractivity contribution in [2.45, 2.75) is 50.5 Å². The highest BCUT2D eigenvalue weighted by molar-refractivity contribution is 5.24. The van der Waals surface area contributed by atoms with Gasteiger partial charge < -0.3 is 29.2 Å². The largest absolute Gasteiger partial charge is 0.388 e. The van der Waals surface area contributed by atoms with E-state index >= 15 is 0 Å². The number of epoxide rings is 2. The molecule has 2 saturated heterocycles. The molecule has 0 aliphatic carbocycles. The Morgan fingerprint density at radius 2 is 1.07 bits per heavy atom. The number of aliphatic hydroxyl groups excluding tert-OH is 2. The van der Waals surface area contributed by atoms with Gasteiger partial charge in [0, 0.05) is 27.1 Å². The summed E-state index contributed by atoms with van der Waals surface area (Å²) in [5.41, 5.74) is 4.14. The fourth-order valence-electron chi connectivity index (χ4n) is 3.18. The number of benzene rings is 2. The van der Waals surface area contributed by atoms with E-state index in [1.165, 1.54) is 0 Å². The molecule has 4 rings (SSSR count). The second-order valence-electron chi connectivity index (χ2n) is 7.76. The zero-order valence-corrected chi connectivity index (χ0v) is 17.7. The van der Waals surface area contributed by atoms with Crippen LogP contribution >= 0.6 is 0 Å². The summed E-state index contributed by atoms with van der Waals surface area (Å²) in [6, 6.07) is 15.7. The lowest BCUT2D eigenvalue weighted by molar-refractivity contribution is 0.153. The number of rotatable bonds is 10. The van der Waals surface area contributed by atoms with E-state index in [0.29, 0.717) is 26.1 Å². The van der Waals surface area contributed by atoms with Crippen LogP contribution in [0.4, 0.5) is 0 Å². The second kappa shape index (κ2) is 11.6. The minimum atomic E-state index is -0.408. The van der Waals surface area contributed by atoms with Crippen LogP contribution in [-0.2, 0) is 32.2 Å². The van der Waals surface area contributed by atoms with Gasteiger partial charge in [-0.15, -0.1) is 0 Å². The lowest BCUT2D eigenvalue weighted by Crippen LogP contribution is -2.01. The van der Waals surface area contributed by atoms with Crippen molar-refractivity contribution in [1.82, 2.24) is 0 Å². The zero-order valence-electron chi connectivity index (χ0n) is 17.7. The molecule has 1 unspecified atom stereocenters. The molecule has 0 spiro atoms. The highest BCUT2D eigenvalue weighted by Crippen LogP contribution is 2.26. The van der Waals surface area contributed by atoms with E-state index in [2.05, 4.69) is 0 Å². The number of hydrogen-bond acceptors (Lipinski definition) is 6. The van der Waals surface area contributed by atoms with Gasteiger partial charge in [0.2, 0.25) is 0 Å². The summed E-state index contributed by atoms with van der Waals surface area (Å²) in [5.74, 6) is 0. The van der Waals surface area contributed by atoms with E-state index in [1.54, 1.807) is 14.2 Å². The highest BCUT2D eigenvalue weighted by atomic mass is 16.6. The van der Waals surface area contributed by atoms with Crippen LogP contribution in [0.5, 0.6) is 0 Å². The molecule has 4 atom stereocenters. The van der Waals surface area contributed by atoms with Crippen LogP contribution in [-0.4, -0.2) is 49.9 Å². The van der Waals surface area contributed by atoms with Crippen molar-refractivity contribution in [3.05, 3.63) is 70.8 Å². The summed E-state index contributed by atoms with van der Waals surface area (Å²) in [4.78, 5) is 0. The van der Waals surface area contributed by atoms with Gasteiger partial charge in [-0.3, -0.25) is 0 Å². The molecule has 2 N–H and O–H groups in total. The van der Waals surface area contributed by atoms with Crippen molar-refractivity contribution in [3.8, 4) is 0 Å². The lowest BCUT2D eigenvalue weighted by Gasteiger charge is -2.09. The molecule has 2 heterocycles. The first-order valence-corrected chi connectivity index (χ1v) is 10.3. The maximum Gasteiger partial charge on any atom is 0.0837 e. The number of hydrogen-bond donors (Lipinski definition) is 2. The molecule has 0 saturated carbocycles. The van der Waals surface area contributed by atoms with Gasteiger partial charge in [0.1, 0.15) is 0 Å². The molecule has 30 heavy (non-hydrogen) atoms. The number of methoxy groups -OCH3 is 2. The molecule has 2 aromatic rings. The van der Waals surface area contributed by atoms with Crippen molar-refractivity contribution in [1.29, 1.82) is 0 Å². The second-order valence-corrected chi connectivity index (χ2v) is 7.76. The normalized spacial score (nSPS) is 21.3. The summed E-state index contributed by atoms with van der Waals surface area (Å²) in [6.45, 7) is 2.81. The van der Waals surface area contributed by atoms with Crippen molar-refractivity contribution in [2.75, 3.05) is 27.4 Å². The van der Waals surface area contributed by atoms with Gasteiger partial charge in [-0.1, -0.05) is 48.5 Å². The summed E-state index contributed by atoms with van der Waals surface area (Å²) in [6.07, 6.45) is 1.10. The minimum absolute atomic E-state index is 0.263. The van der Waals surface area contributed by atoms with Crippen molar-refractivity contribution in [2.24, 2.45) is 0 Å². The van der Waals surface area contributed by atoms with Crippen LogP contribution in [0.3, 0.4) is 0 Å². The molecule has 6 heteroatoms. The van der Waals surface area contributed by atoms with E-state index in [4.69, 9.17) is 18.9 Å². The van der Waals surface area contributed by atoms with Crippen LogP contribution < -0.4 is 0 Å². The summed E-state index contributed by atoms with van der Waals surface area (Å²) in [7, 11) is 3.35. The highest BCUT2D eigenvalue weighted by Gasteiger charge is 2.27. The Balaban J connectivity index is 0.000000171. The van der Waals surface area contributed by atoms with Gasteiger partial charge >= 0.3 is 0 Å². The fourth-order valence-corrected chi connectivity index (χ4v) is 3.18. The van der Waals surface area contributed by atoms with E-state index in [9.17, 15) is 10.2 Å². The van der Waals surface area contributed by atoms with Crippen LogP contribution in [0, 0.1) is 0 Å². The van der Waals surface area contributed by atoms with Gasteiger partial charge in [0.25, 0.3) is 0 Å². The fraction of sp³-hybridized carbons (Fsp3) is 0.500. The maximum absolute atomic E-state index is 9.84. The molecule has 0 amide bonds. The Bertz CT molecular complexity index is 672. The molecule has 2 aliphatic heterocycles. The third-order valence-corrected chi connectivity index (χ3v) is 5.13. The van der Waals surface area contributed by atoms with Crippen LogP contribution in [0.2, 0.25) is 0 Å². The molecule has 0 bridgehead atoms. The molecular formula is C24H32O6. The SMILES string of the molecule is COCc1ccc([C@@H](O)C[C@@H]2CO2)cc1.COCc1ccc([C@H](O)CC2CO2)cc1. The molecule has 0 radical (unpaired) electrons. The summed E-state index contributed by atoms with van der Waals surface area (Å²) < 4.78 is 20.2. The molecular weight excluding hydrogens is 384 g/mol. The van der Waals surface area contributed by atoms with Crippen LogP contribution in [0.15, 0.2) is 48.5 Å². The van der Waals surface area contributed by atoms with Gasteiger partial charge in [-0.25, -0.2) is 0 Å². The molecule has 0 aromatic heterocycles. The first-order valence-electron chi connectivity index (χ1n) is 10.3.